The average Bonchev–Trinajstić information content (AvgIpc) is 3.44. The molecule has 4 aromatic heterocycles. The van der Waals surface area contributed by atoms with Gasteiger partial charge in [0.1, 0.15) is 10.5 Å². The second-order valence-corrected chi connectivity index (χ2v) is 12.3. The lowest BCUT2D eigenvalue weighted by Crippen LogP contribution is -2.44. The Morgan fingerprint density at radius 2 is 1.80 bits per heavy atom. The highest BCUT2D eigenvalue weighted by Crippen LogP contribution is 2.37. The molecule has 0 aliphatic heterocycles. The molecular formula is C28H31F3N10O3S. The smallest absolute Gasteiger partial charge is 0.351 e. The van der Waals surface area contributed by atoms with Crippen LogP contribution < -0.4 is 15.4 Å². The van der Waals surface area contributed by atoms with Gasteiger partial charge in [-0.15, -0.1) is 0 Å². The van der Waals surface area contributed by atoms with E-state index in [9.17, 15) is 26.4 Å². The van der Waals surface area contributed by atoms with Gasteiger partial charge in [-0.3, -0.25) is 24.3 Å². The van der Waals surface area contributed by atoms with Gasteiger partial charge in [-0.25, -0.2) is 28.5 Å². The molecule has 5 rings (SSSR count). The fourth-order valence-corrected chi connectivity index (χ4v) is 5.74. The normalized spacial score (nSPS) is 17.2. The first-order valence-corrected chi connectivity index (χ1v) is 15.7. The molecule has 13 nitrogen and oxygen atoms in total. The summed E-state index contributed by atoms with van der Waals surface area (Å²) in [6, 6.07) is 0.641. The minimum absolute atomic E-state index is 0.0572. The molecule has 1 aliphatic carbocycles. The molecule has 0 saturated heterocycles. The lowest BCUT2D eigenvalue weighted by Gasteiger charge is -2.36. The molecule has 4 heterocycles. The maximum atomic E-state index is 13.8. The second-order valence-electron chi connectivity index (χ2n) is 10.7. The number of primary sulfonamides is 1. The summed E-state index contributed by atoms with van der Waals surface area (Å²) in [5.41, 5.74) is -0.423. The van der Waals surface area contributed by atoms with Crippen molar-refractivity contribution in [2.75, 3.05) is 10.2 Å². The molecule has 3 N–H and O–H groups in total. The Kier molecular flexibility index (Phi) is 9.11. The predicted molar refractivity (Wildman–Crippen MR) is 158 cm³/mol. The molecule has 4 aromatic rings. The number of amides is 1. The van der Waals surface area contributed by atoms with Crippen LogP contribution in [0.1, 0.15) is 51.0 Å². The van der Waals surface area contributed by atoms with E-state index in [0.29, 0.717) is 56.2 Å². The van der Waals surface area contributed by atoms with Crippen LogP contribution in [0.4, 0.5) is 24.9 Å². The molecule has 0 aromatic carbocycles. The summed E-state index contributed by atoms with van der Waals surface area (Å²) < 4.78 is 66.7. The minimum atomic E-state index is -4.81. The van der Waals surface area contributed by atoms with Crippen LogP contribution in [0.15, 0.2) is 54.3 Å². The van der Waals surface area contributed by atoms with Crippen LogP contribution >= 0.6 is 0 Å². The number of alkyl halides is 3. The van der Waals surface area contributed by atoms with E-state index < -0.39 is 32.4 Å². The second kappa shape index (κ2) is 12.8. The number of nitrogens with zero attached hydrogens (tertiary/aromatic N) is 8. The van der Waals surface area contributed by atoms with Crippen LogP contribution in [0.5, 0.6) is 0 Å². The van der Waals surface area contributed by atoms with Crippen molar-refractivity contribution in [1.82, 2.24) is 34.7 Å². The fraction of sp³-hybridized carbons (Fsp3) is 0.393. The monoisotopic (exact) mass is 644 g/mol. The van der Waals surface area contributed by atoms with Crippen molar-refractivity contribution in [2.45, 2.75) is 68.6 Å². The molecule has 0 bridgehead atoms. The number of halogens is 3. The molecule has 0 unspecified atom stereocenters. The Hall–Kier alpha value is -4.51. The maximum absolute atomic E-state index is 13.8. The highest BCUT2D eigenvalue weighted by Gasteiger charge is 2.36. The highest BCUT2D eigenvalue weighted by atomic mass is 32.2. The van der Waals surface area contributed by atoms with Crippen LogP contribution in [-0.2, 0) is 28.0 Å². The Morgan fingerprint density at radius 3 is 2.40 bits per heavy atom. The van der Waals surface area contributed by atoms with Gasteiger partial charge >= 0.3 is 6.18 Å². The number of hydrogen-bond acceptors (Lipinski definition) is 10. The standard InChI is InChI=1S/C28H31F3N10O3S/c1-3-4-25(42)41(24-15-34-23(14-35-24)18-11-37-40(2)16-18)20-7-5-19(6-8-20)38-27-36-13-22(28(29,30)31)26(39-27)17-9-21(12-33-10-17)45(32,43)44/h9-16,19-20H,3-8H2,1-2H3,(H2,32,43,44)(H,36,38,39). The molecule has 1 fully saturated rings. The van der Waals surface area contributed by atoms with Crippen LogP contribution in [0.25, 0.3) is 22.5 Å². The molecule has 238 valence electrons. The summed E-state index contributed by atoms with van der Waals surface area (Å²) in [7, 11) is -2.41. The van der Waals surface area contributed by atoms with E-state index in [2.05, 4.69) is 35.3 Å². The van der Waals surface area contributed by atoms with Crippen molar-refractivity contribution in [3.8, 4) is 22.5 Å². The third-order valence-electron chi connectivity index (χ3n) is 7.42. The number of anilines is 2. The van der Waals surface area contributed by atoms with E-state index >= 15 is 0 Å². The first-order chi connectivity index (χ1) is 21.3. The highest BCUT2D eigenvalue weighted by molar-refractivity contribution is 7.89. The van der Waals surface area contributed by atoms with E-state index in [1.165, 1.54) is 0 Å². The first kappa shape index (κ1) is 31.9. The van der Waals surface area contributed by atoms with E-state index in [1.54, 1.807) is 35.2 Å². The number of aryl methyl sites for hydroxylation is 1. The van der Waals surface area contributed by atoms with Gasteiger partial charge in [0, 0.05) is 61.5 Å². The van der Waals surface area contributed by atoms with Gasteiger partial charge in [0.15, 0.2) is 5.82 Å². The summed E-state index contributed by atoms with van der Waals surface area (Å²) in [6.07, 6.45) is 7.89. The van der Waals surface area contributed by atoms with Gasteiger partial charge < -0.3 is 5.32 Å². The summed E-state index contributed by atoms with van der Waals surface area (Å²) in [4.78, 5) is 35.2. The molecule has 0 spiro atoms. The molecule has 17 heteroatoms. The number of carbonyl (C=O) groups excluding carboxylic acids is 1. The quantitative estimate of drug-likeness (QED) is 0.271. The van der Waals surface area contributed by atoms with E-state index in [0.717, 1.165) is 24.0 Å². The Morgan fingerprint density at radius 1 is 1.04 bits per heavy atom. The summed E-state index contributed by atoms with van der Waals surface area (Å²) in [6.45, 7) is 1.92. The number of sulfonamides is 1. The van der Waals surface area contributed by atoms with Crippen molar-refractivity contribution in [1.29, 1.82) is 0 Å². The Bertz CT molecular complexity index is 1770. The molecule has 1 amide bonds. The molecule has 1 aliphatic rings. The third kappa shape index (κ3) is 7.42. The summed E-state index contributed by atoms with van der Waals surface area (Å²) in [5, 5.41) is 12.4. The molecule has 45 heavy (non-hydrogen) atoms. The Balaban J connectivity index is 1.33. The van der Waals surface area contributed by atoms with Crippen molar-refractivity contribution in [3.63, 3.8) is 0 Å². The van der Waals surface area contributed by atoms with Crippen molar-refractivity contribution < 1.29 is 26.4 Å². The zero-order chi connectivity index (χ0) is 32.4. The first-order valence-electron chi connectivity index (χ1n) is 14.2. The number of hydrogen-bond donors (Lipinski definition) is 2. The number of nitrogens with one attached hydrogen (secondary N) is 1. The third-order valence-corrected chi connectivity index (χ3v) is 8.30. The van der Waals surface area contributed by atoms with Gasteiger partial charge in [-0.2, -0.15) is 18.3 Å². The van der Waals surface area contributed by atoms with Gasteiger partial charge in [0.2, 0.25) is 21.9 Å². The Labute approximate surface area is 257 Å². The zero-order valence-electron chi connectivity index (χ0n) is 24.4. The van der Waals surface area contributed by atoms with Crippen LogP contribution in [0, 0.1) is 0 Å². The number of rotatable bonds is 9. The largest absolute Gasteiger partial charge is 0.419 e. The summed E-state index contributed by atoms with van der Waals surface area (Å²) in [5.74, 6) is 0.324. The minimum Gasteiger partial charge on any atom is -0.351 e. The van der Waals surface area contributed by atoms with Gasteiger partial charge in [0.05, 0.1) is 30.0 Å². The zero-order valence-corrected chi connectivity index (χ0v) is 25.3. The number of carbonyl (C=O) groups is 1. The van der Waals surface area contributed by atoms with Gasteiger partial charge in [-0.05, 0) is 38.2 Å². The van der Waals surface area contributed by atoms with Crippen molar-refractivity contribution in [3.05, 3.63) is 55.0 Å². The van der Waals surface area contributed by atoms with Crippen LogP contribution in [-0.4, -0.2) is 61.1 Å². The SMILES string of the molecule is CCCC(=O)N(c1cnc(-c2cnn(C)c2)cn1)C1CCC(Nc2ncc(C(F)(F)F)c(-c3cncc(S(N)(=O)=O)c3)n2)CC1. The van der Waals surface area contributed by atoms with Crippen LogP contribution in [0.3, 0.4) is 0 Å². The molecule has 0 atom stereocenters. The summed E-state index contributed by atoms with van der Waals surface area (Å²) >= 11 is 0. The van der Waals surface area contributed by atoms with Gasteiger partial charge in [-0.1, -0.05) is 6.92 Å². The lowest BCUT2D eigenvalue weighted by atomic mass is 9.90. The molecule has 1 saturated carbocycles. The van der Waals surface area contributed by atoms with E-state index in [1.807, 2.05) is 13.1 Å². The molecular weight excluding hydrogens is 613 g/mol. The topological polar surface area (TPSA) is 175 Å². The number of aromatic nitrogens is 7. The fourth-order valence-electron chi connectivity index (χ4n) is 5.24. The van der Waals surface area contributed by atoms with E-state index in [-0.39, 0.29) is 29.5 Å². The van der Waals surface area contributed by atoms with Crippen molar-refractivity contribution in [2.24, 2.45) is 12.2 Å². The molecule has 0 radical (unpaired) electrons. The van der Waals surface area contributed by atoms with E-state index in [4.69, 9.17) is 5.14 Å². The van der Waals surface area contributed by atoms with Crippen LogP contribution in [0.2, 0.25) is 0 Å². The maximum Gasteiger partial charge on any atom is 0.419 e. The van der Waals surface area contributed by atoms with Gasteiger partial charge in [0.25, 0.3) is 0 Å². The predicted octanol–water partition coefficient (Wildman–Crippen LogP) is 3.95. The number of nitrogens with two attached hydrogens (primary N) is 1. The average molecular weight is 645 g/mol. The lowest BCUT2D eigenvalue weighted by molar-refractivity contribution is -0.137. The van der Waals surface area contributed by atoms with Crippen molar-refractivity contribution >= 4 is 27.7 Å². The number of pyridine rings is 1.